The molecule has 0 atom stereocenters. The smallest absolute Gasteiger partial charge is 0.309 e. The largest absolute Gasteiger partial charge is 0.481 e. The maximum Gasteiger partial charge on any atom is 0.309 e. The molecule has 1 aromatic rings. The fourth-order valence-electron chi connectivity index (χ4n) is 1.54. The number of carboxylic acid groups (broad SMARTS) is 1. The Labute approximate surface area is 115 Å². The van der Waals surface area contributed by atoms with Crippen LogP contribution in [0.1, 0.15) is 19.4 Å². The molecule has 0 amide bonds. The van der Waals surface area contributed by atoms with Crippen LogP contribution in [0.15, 0.2) is 27.6 Å². The molecule has 0 aliphatic rings. The van der Waals surface area contributed by atoms with Crippen molar-refractivity contribution in [1.82, 2.24) is 0 Å². The molecule has 0 radical (unpaired) electrons. The van der Waals surface area contributed by atoms with Crippen LogP contribution in [-0.4, -0.2) is 25.7 Å². The number of sulfone groups is 1. The maximum atomic E-state index is 11.4. The second-order valence-electron chi connectivity index (χ2n) is 4.90. The van der Waals surface area contributed by atoms with E-state index in [-0.39, 0.29) is 4.90 Å². The predicted octanol–water partition coefficient (Wildman–Crippen LogP) is 2.51. The van der Waals surface area contributed by atoms with Crippen LogP contribution in [0.25, 0.3) is 0 Å². The van der Waals surface area contributed by atoms with E-state index in [1.807, 2.05) is 0 Å². The molecule has 0 aliphatic carbocycles. The lowest BCUT2D eigenvalue weighted by molar-refractivity contribution is -0.146. The molecule has 4 nitrogen and oxygen atoms in total. The number of hydrogen-bond acceptors (Lipinski definition) is 3. The number of carboxylic acids is 1. The molecular weight excluding hydrogens is 320 g/mol. The Morgan fingerprint density at radius 1 is 1.39 bits per heavy atom. The van der Waals surface area contributed by atoms with Crippen molar-refractivity contribution in [3.8, 4) is 0 Å². The van der Waals surface area contributed by atoms with E-state index in [1.165, 1.54) is 6.07 Å². The van der Waals surface area contributed by atoms with Crippen molar-refractivity contribution in [2.45, 2.75) is 25.2 Å². The molecule has 0 unspecified atom stereocenters. The Bertz CT molecular complexity index is 576. The van der Waals surface area contributed by atoms with Crippen LogP contribution < -0.4 is 0 Å². The number of benzene rings is 1. The standard InChI is InChI=1S/C12H15BrO4S/c1-12(2,11(14)15)7-8-4-5-10(9(13)6-8)18(3,16)17/h4-6H,7H2,1-3H3,(H,14,15). The van der Waals surface area contributed by atoms with Crippen molar-refractivity contribution in [3.63, 3.8) is 0 Å². The Hall–Kier alpha value is -0.880. The summed E-state index contributed by atoms with van der Waals surface area (Å²) in [5.74, 6) is -0.884. The van der Waals surface area contributed by atoms with E-state index in [0.717, 1.165) is 11.8 Å². The van der Waals surface area contributed by atoms with E-state index >= 15 is 0 Å². The van der Waals surface area contributed by atoms with Crippen molar-refractivity contribution >= 4 is 31.7 Å². The summed E-state index contributed by atoms with van der Waals surface area (Å²) < 4.78 is 23.3. The summed E-state index contributed by atoms with van der Waals surface area (Å²) in [6.07, 6.45) is 1.47. The molecule has 0 saturated carbocycles. The quantitative estimate of drug-likeness (QED) is 0.918. The molecule has 0 heterocycles. The average Bonchev–Trinajstić information content (AvgIpc) is 2.14. The van der Waals surface area contributed by atoms with Crippen molar-refractivity contribution in [2.24, 2.45) is 5.41 Å². The third-order valence-corrected chi connectivity index (χ3v) is 4.69. The van der Waals surface area contributed by atoms with E-state index in [0.29, 0.717) is 10.9 Å². The summed E-state index contributed by atoms with van der Waals surface area (Å²) in [6.45, 7) is 3.27. The molecule has 18 heavy (non-hydrogen) atoms. The highest BCUT2D eigenvalue weighted by atomic mass is 79.9. The lowest BCUT2D eigenvalue weighted by atomic mass is 9.86. The molecule has 1 N–H and O–H groups in total. The highest BCUT2D eigenvalue weighted by Crippen LogP contribution is 2.27. The summed E-state index contributed by atoms with van der Waals surface area (Å²) in [5.41, 5.74) is -0.104. The van der Waals surface area contributed by atoms with Gasteiger partial charge in [0.25, 0.3) is 0 Å². The average molecular weight is 335 g/mol. The van der Waals surface area contributed by atoms with Gasteiger partial charge in [0.05, 0.1) is 10.3 Å². The number of hydrogen-bond donors (Lipinski definition) is 1. The van der Waals surface area contributed by atoms with Gasteiger partial charge in [-0.25, -0.2) is 8.42 Å². The van der Waals surface area contributed by atoms with Gasteiger partial charge in [0, 0.05) is 10.7 Å². The van der Waals surface area contributed by atoms with Crippen LogP contribution in [0, 0.1) is 5.41 Å². The zero-order valence-electron chi connectivity index (χ0n) is 10.4. The monoisotopic (exact) mass is 334 g/mol. The molecule has 0 fully saturated rings. The third kappa shape index (κ3) is 3.55. The zero-order valence-corrected chi connectivity index (χ0v) is 12.8. The predicted molar refractivity (Wildman–Crippen MR) is 72.4 cm³/mol. The fraction of sp³-hybridized carbons (Fsp3) is 0.417. The van der Waals surface area contributed by atoms with Gasteiger partial charge in [0.2, 0.25) is 0 Å². The Morgan fingerprint density at radius 2 is 1.94 bits per heavy atom. The molecular formula is C12H15BrO4S. The molecule has 100 valence electrons. The van der Waals surface area contributed by atoms with Gasteiger partial charge in [-0.05, 0) is 53.9 Å². The number of rotatable bonds is 4. The lowest BCUT2D eigenvalue weighted by Gasteiger charge is -2.19. The van der Waals surface area contributed by atoms with Crippen LogP contribution in [0.4, 0.5) is 0 Å². The first-order valence-electron chi connectivity index (χ1n) is 5.26. The topological polar surface area (TPSA) is 71.4 Å². The van der Waals surface area contributed by atoms with Crippen LogP contribution >= 0.6 is 15.9 Å². The maximum absolute atomic E-state index is 11.4. The third-order valence-electron chi connectivity index (χ3n) is 2.62. The molecule has 0 bridgehead atoms. The van der Waals surface area contributed by atoms with E-state index < -0.39 is 21.2 Å². The Morgan fingerprint density at radius 3 is 2.33 bits per heavy atom. The summed E-state index contributed by atoms with van der Waals surface area (Å²) in [5, 5.41) is 9.05. The summed E-state index contributed by atoms with van der Waals surface area (Å²) in [4.78, 5) is 11.2. The van der Waals surface area contributed by atoms with Gasteiger partial charge in [-0.1, -0.05) is 6.07 Å². The number of aliphatic carboxylic acids is 1. The SMILES string of the molecule is CC(C)(Cc1ccc(S(C)(=O)=O)c(Br)c1)C(=O)O. The first kappa shape index (κ1) is 15.2. The van der Waals surface area contributed by atoms with Crippen molar-refractivity contribution in [2.75, 3.05) is 6.26 Å². The highest BCUT2D eigenvalue weighted by Gasteiger charge is 2.27. The van der Waals surface area contributed by atoms with E-state index in [9.17, 15) is 13.2 Å². The summed E-state index contributed by atoms with van der Waals surface area (Å²) >= 11 is 3.20. The Kier molecular flexibility index (Phi) is 4.23. The molecule has 1 rings (SSSR count). The van der Waals surface area contributed by atoms with Gasteiger partial charge in [-0.15, -0.1) is 0 Å². The van der Waals surface area contributed by atoms with Crippen LogP contribution in [0.3, 0.4) is 0 Å². The molecule has 1 aromatic carbocycles. The van der Waals surface area contributed by atoms with Gasteiger partial charge in [-0.2, -0.15) is 0 Å². The summed E-state index contributed by atoms with van der Waals surface area (Å²) in [6, 6.07) is 4.79. The highest BCUT2D eigenvalue weighted by molar-refractivity contribution is 9.10. The molecule has 0 spiro atoms. The van der Waals surface area contributed by atoms with Gasteiger partial charge in [0.1, 0.15) is 0 Å². The normalized spacial score (nSPS) is 12.4. The van der Waals surface area contributed by atoms with E-state index in [2.05, 4.69) is 15.9 Å². The summed E-state index contributed by atoms with van der Waals surface area (Å²) in [7, 11) is -3.27. The molecule has 6 heteroatoms. The van der Waals surface area contributed by atoms with Crippen molar-refractivity contribution in [1.29, 1.82) is 0 Å². The lowest BCUT2D eigenvalue weighted by Crippen LogP contribution is -2.26. The minimum Gasteiger partial charge on any atom is -0.481 e. The van der Waals surface area contributed by atoms with Crippen molar-refractivity contribution < 1.29 is 18.3 Å². The molecule has 0 saturated heterocycles. The second kappa shape index (κ2) is 5.01. The van der Waals surface area contributed by atoms with E-state index in [4.69, 9.17) is 5.11 Å². The number of halogens is 1. The van der Waals surface area contributed by atoms with Gasteiger partial charge < -0.3 is 5.11 Å². The van der Waals surface area contributed by atoms with Crippen LogP contribution in [0.2, 0.25) is 0 Å². The van der Waals surface area contributed by atoms with Gasteiger partial charge in [0.15, 0.2) is 9.84 Å². The first-order valence-corrected chi connectivity index (χ1v) is 7.94. The number of carbonyl (C=O) groups is 1. The van der Waals surface area contributed by atoms with Gasteiger partial charge in [-0.3, -0.25) is 4.79 Å². The minimum absolute atomic E-state index is 0.208. The Balaban J connectivity index is 3.11. The molecule has 0 aromatic heterocycles. The van der Waals surface area contributed by atoms with Gasteiger partial charge >= 0.3 is 5.97 Å². The van der Waals surface area contributed by atoms with Crippen LogP contribution in [0.5, 0.6) is 0 Å². The second-order valence-corrected chi connectivity index (χ2v) is 7.74. The minimum atomic E-state index is -3.27. The van der Waals surface area contributed by atoms with Crippen molar-refractivity contribution in [3.05, 3.63) is 28.2 Å². The zero-order chi connectivity index (χ0) is 14.1. The first-order chi connectivity index (χ1) is 8.04. The fourth-order valence-corrected chi connectivity index (χ4v) is 3.58. The molecule has 0 aliphatic heterocycles. The van der Waals surface area contributed by atoms with E-state index in [1.54, 1.807) is 26.0 Å². The van der Waals surface area contributed by atoms with Crippen LogP contribution in [-0.2, 0) is 21.1 Å².